The summed E-state index contributed by atoms with van der Waals surface area (Å²) >= 11 is 0. The van der Waals surface area contributed by atoms with Crippen LogP contribution in [0.1, 0.15) is 21.5 Å². The molecule has 0 saturated heterocycles. The van der Waals surface area contributed by atoms with Crippen molar-refractivity contribution in [2.24, 2.45) is 0 Å². The molecule has 6 nitrogen and oxygen atoms in total. The van der Waals surface area contributed by atoms with Gasteiger partial charge in [0.05, 0.1) is 12.0 Å². The Morgan fingerprint density at radius 2 is 1.71 bits per heavy atom. The minimum absolute atomic E-state index is 0.0541. The highest BCUT2D eigenvalue weighted by molar-refractivity contribution is 7.92. The predicted octanol–water partition coefficient (Wildman–Crippen LogP) is 2.74. The van der Waals surface area contributed by atoms with Crippen LogP contribution in [0.25, 0.3) is 0 Å². The first-order valence-corrected chi connectivity index (χ1v) is 8.75. The smallest absolute Gasteiger partial charge is 0.277 e. The van der Waals surface area contributed by atoms with Crippen LogP contribution in [0.3, 0.4) is 0 Å². The standard InChI is InChI=1S/C17H20N2O4S/c1-12-5-9-15(10-6-12)18-24(21,22)16-11-14(8-7-13(16)2)17(20)19(3)23-4/h5-11,18H,1-4H3. The molecule has 0 aromatic heterocycles. The summed E-state index contributed by atoms with van der Waals surface area (Å²) < 4.78 is 27.8. The van der Waals surface area contributed by atoms with Crippen molar-refractivity contribution in [2.45, 2.75) is 18.7 Å². The molecule has 0 aliphatic heterocycles. The van der Waals surface area contributed by atoms with E-state index in [0.717, 1.165) is 10.6 Å². The van der Waals surface area contributed by atoms with E-state index in [4.69, 9.17) is 4.84 Å². The molecule has 2 aromatic rings. The van der Waals surface area contributed by atoms with Gasteiger partial charge in [0.2, 0.25) is 0 Å². The first-order valence-electron chi connectivity index (χ1n) is 7.27. The van der Waals surface area contributed by atoms with Crippen LogP contribution in [-0.2, 0) is 14.9 Å². The van der Waals surface area contributed by atoms with Gasteiger partial charge in [-0.2, -0.15) is 0 Å². The average Bonchev–Trinajstić information content (AvgIpc) is 2.55. The Bertz CT molecular complexity index is 845. The average molecular weight is 348 g/mol. The Labute approximate surface area is 142 Å². The number of sulfonamides is 1. The maximum atomic E-state index is 12.7. The summed E-state index contributed by atoms with van der Waals surface area (Å²) in [6, 6.07) is 11.5. The van der Waals surface area contributed by atoms with Crippen molar-refractivity contribution in [3.63, 3.8) is 0 Å². The molecular weight excluding hydrogens is 328 g/mol. The van der Waals surface area contributed by atoms with E-state index in [1.165, 1.54) is 20.2 Å². The van der Waals surface area contributed by atoms with Gasteiger partial charge in [-0.25, -0.2) is 13.5 Å². The van der Waals surface area contributed by atoms with E-state index < -0.39 is 15.9 Å². The van der Waals surface area contributed by atoms with Crippen molar-refractivity contribution >= 4 is 21.6 Å². The van der Waals surface area contributed by atoms with Crippen molar-refractivity contribution < 1.29 is 18.0 Å². The Morgan fingerprint density at radius 3 is 2.29 bits per heavy atom. The SMILES string of the molecule is CON(C)C(=O)c1ccc(C)c(S(=O)(=O)Nc2ccc(C)cc2)c1. The van der Waals surface area contributed by atoms with E-state index in [0.29, 0.717) is 11.3 Å². The van der Waals surface area contributed by atoms with Crippen molar-refractivity contribution in [3.8, 4) is 0 Å². The highest BCUT2D eigenvalue weighted by Crippen LogP contribution is 2.21. The second-order valence-corrected chi connectivity index (χ2v) is 7.09. The Hall–Kier alpha value is -2.38. The van der Waals surface area contributed by atoms with Gasteiger partial charge in [-0.3, -0.25) is 14.4 Å². The summed E-state index contributed by atoms with van der Waals surface area (Å²) in [4.78, 5) is 17.0. The van der Waals surface area contributed by atoms with Gasteiger partial charge in [-0.15, -0.1) is 0 Å². The summed E-state index contributed by atoms with van der Waals surface area (Å²) in [6.07, 6.45) is 0. The lowest BCUT2D eigenvalue weighted by molar-refractivity contribution is -0.0757. The molecule has 2 aromatic carbocycles. The molecule has 0 aliphatic rings. The second-order valence-electron chi connectivity index (χ2n) is 5.44. The number of hydrogen-bond acceptors (Lipinski definition) is 4. The summed E-state index contributed by atoms with van der Waals surface area (Å²) in [5, 5.41) is 1.04. The highest BCUT2D eigenvalue weighted by atomic mass is 32.2. The number of nitrogens with zero attached hydrogens (tertiary/aromatic N) is 1. The molecule has 1 amide bonds. The van der Waals surface area contributed by atoms with Crippen molar-refractivity contribution in [1.82, 2.24) is 5.06 Å². The number of benzene rings is 2. The fourth-order valence-corrected chi connectivity index (χ4v) is 3.45. The van der Waals surface area contributed by atoms with Gasteiger partial charge in [0.25, 0.3) is 15.9 Å². The van der Waals surface area contributed by atoms with E-state index in [-0.39, 0.29) is 10.5 Å². The van der Waals surface area contributed by atoms with Gasteiger partial charge in [0.15, 0.2) is 0 Å². The number of amides is 1. The summed E-state index contributed by atoms with van der Waals surface area (Å²) in [7, 11) is -0.984. The quantitative estimate of drug-likeness (QED) is 0.843. The number of anilines is 1. The molecule has 128 valence electrons. The third kappa shape index (κ3) is 3.93. The fraction of sp³-hybridized carbons (Fsp3) is 0.235. The zero-order chi connectivity index (χ0) is 17.9. The zero-order valence-corrected chi connectivity index (χ0v) is 14.8. The molecule has 0 radical (unpaired) electrons. The van der Waals surface area contributed by atoms with Crippen LogP contribution in [-0.4, -0.2) is 33.5 Å². The van der Waals surface area contributed by atoms with E-state index in [1.54, 1.807) is 31.2 Å². The number of nitrogens with one attached hydrogen (secondary N) is 1. The largest absolute Gasteiger partial charge is 0.280 e. The van der Waals surface area contributed by atoms with Crippen molar-refractivity contribution in [2.75, 3.05) is 18.9 Å². The lowest BCUT2D eigenvalue weighted by Gasteiger charge is -2.15. The lowest BCUT2D eigenvalue weighted by atomic mass is 10.1. The molecule has 0 bridgehead atoms. The zero-order valence-electron chi connectivity index (χ0n) is 14.0. The second kappa shape index (κ2) is 7.02. The normalized spacial score (nSPS) is 11.2. The van der Waals surface area contributed by atoms with E-state index in [9.17, 15) is 13.2 Å². The van der Waals surface area contributed by atoms with Gasteiger partial charge in [-0.05, 0) is 43.7 Å². The van der Waals surface area contributed by atoms with Crippen LogP contribution >= 0.6 is 0 Å². The van der Waals surface area contributed by atoms with Gasteiger partial charge < -0.3 is 0 Å². The molecular formula is C17H20N2O4S. The molecule has 7 heteroatoms. The van der Waals surface area contributed by atoms with Crippen LogP contribution in [0.5, 0.6) is 0 Å². The first kappa shape index (κ1) is 18.0. The maximum Gasteiger partial charge on any atom is 0.277 e. The summed E-state index contributed by atoms with van der Waals surface area (Å²) in [5.41, 5.74) is 2.27. The monoisotopic (exact) mass is 348 g/mol. The number of hydroxylamine groups is 2. The number of hydrogen-bond donors (Lipinski definition) is 1. The lowest BCUT2D eigenvalue weighted by Crippen LogP contribution is -2.26. The van der Waals surface area contributed by atoms with Crippen LogP contribution < -0.4 is 4.72 Å². The Morgan fingerprint density at radius 1 is 1.08 bits per heavy atom. The van der Waals surface area contributed by atoms with Gasteiger partial charge in [0.1, 0.15) is 0 Å². The minimum Gasteiger partial charge on any atom is -0.280 e. The van der Waals surface area contributed by atoms with Gasteiger partial charge in [-0.1, -0.05) is 23.8 Å². The van der Waals surface area contributed by atoms with Crippen LogP contribution in [0.2, 0.25) is 0 Å². The predicted molar refractivity (Wildman–Crippen MR) is 92.3 cm³/mol. The number of carbonyl (C=O) groups is 1. The molecule has 0 fully saturated rings. The highest BCUT2D eigenvalue weighted by Gasteiger charge is 2.20. The van der Waals surface area contributed by atoms with Crippen LogP contribution in [0.15, 0.2) is 47.4 Å². The maximum absolute atomic E-state index is 12.7. The third-order valence-electron chi connectivity index (χ3n) is 3.59. The first-order chi connectivity index (χ1) is 11.2. The van der Waals surface area contributed by atoms with Crippen LogP contribution in [0.4, 0.5) is 5.69 Å². The molecule has 0 saturated carbocycles. The number of aryl methyl sites for hydroxylation is 2. The molecule has 0 heterocycles. The molecule has 2 rings (SSSR count). The van der Waals surface area contributed by atoms with Crippen molar-refractivity contribution in [3.05, 3.63) is 59.2 Å². The van der Waals surface area contributed by atoms with Crippen LogP contribution in [0, 0.1) is 13.8 Å². The molecule has 24 heavy (non-hydrogen) atoms. The fourth-order valence-electron chi connectivity index (χ4n) is 2.12. The molecule has 0 aliphatic carbocycles. The van der Waals surface area contributed by atoms with Gasteiger partial charge >= 0.3 is 0 Å². The Balaban J connectivity index is 2.39. The molecule has 1 N–H and O–H groups in total. The minimum atomic E-state index is -3.81. The number of rotatable bonds is 5. The molecule has 0 unspecified atom stereocenters. The topological polar surface area (TPSA) is 75.7 Å². The van der Waals surface area contributed by atoms with E-state index in [1.807, 2.05) is 19.1 Å². The molecule has 0 atom stereocenters. The summed E-state index contributed by atoms with van der Waals surface area (Å²) in [5.74, 6) is -0.427. The van der Waals surface area contributed by atoms with Crippen molar-refractivity contribution in [1.29, 1.82) is 0 Å². The van der Waals surface area contributed by atoms with E-state index in [2.05, 4.69) is 4.72 Å². The summed E-state index contributed by atoms with van der Waals surface area (Å²) in [6.45, 7) is 3.60. The van der Waals surface area contributed by atoms with E-state index >= 15 is 0 Å². The number of carbonyl (C=O) groups excluding carboxylic acids is 1. The van der Waals surface area contributed by atoms with Gasteiger partial charge in [0, 0.05) is 18.3 Å². The Kier molecular flexibility index (Phi) is 5.26. The molecule has 0 spiro atoms. The third-order valence-corrected chi connectivity index (χ3v) is 5.11.